The Hall–Kier alpha value is -0.670. The maximum atomic E-state index is 6.11. The van der Waals surface area contributed by atoms with Gasteiger partial charge in [0.1, 0.15) is 0 Å². The van der Waals surface area contributed by atoms with Gasteiger partial charge in [0.15, 0.2) is 0 Å². The smallest absolute Gasteiger partial charge is 0.0462 e. The van der Waals surface area contributed by atoms with Crippen LogP contribution >= 0.6 is 35.0 Å². The Labute approximate surface area is 115 Å². The molecule has 0 fully saturated rings. The van der Waals surface area contributed by atoms with Crippen LogP contribution in [0, 0.1) is 0 Å². The van der Waals surface area contributed by atoms with Crippen molar-refractivity contribution in [3.05, 3.63) is 58.1 Å². The van der Waals surface area contributed by atoms with E-state index in [1.54, 1.807) is 11.8 Å². The second-order valence-corrected chi connectivity index (χ2v) is 5.50. The van der Waals surface area contributed by atoms with E-state index in [9.17, 15) is 0 Å². The molecule has 0 bridgehead atoms. The molecule has 4 heteroatoms. The van der Waals surface area contributed by atoms with E-state index in [0.717, 1.165) is 20.4 Å². The third-order valence-corrected chi connectivity index (χ3v) is 3.90. The van der Waals surface area contributed by atoms with Gasteiger partial charge in [-0.1, -0.05) is 41.0 Å². The van der Waals surface area contributed by atoms with Crippen LogP contribution in [-0.4, -0.2) is 0 Å². The quantitative estimate of drug-likeness (QED) is 0.891. The average molecular weight is 284 g/mol. The largest absolute Gasteiger partial charge is 0.326 e. The van der Waals surface area contributed by atoms with Gasteiger partial charge in [-0.15, -0.1) is 0 Å². The van der Waals surface area contributed by atoms with Crippen molar-refractivity contribution in [2.24, 2.45) is 5.73 Å². The van der Waals surface area contributed by atoms with Gasteiger partial charge in [0.25, 0.3) is 0 Å². The highest BCUT2D eigenvalue weighted by molar-refractivity contribution is 7.99. The van der Waals surface area contributed by atoms with Crippen LogP contribution in [0.4, 0.5) is 0 Å². The van der Waals surface area contributed by atoms with E-state index < -0.39 is 0 Å². The van der Waals surface area contributed by atoms with Crippen molar-refractivity contribution in [2.45, 2.75) is 16.3 Å². The summed E-state index contributed by atoms with van der Waals surface area (Å²) in [4.78, 5) is 2.22. The molecule has 0 unspecified atom stereocenters. The van der Waals surface area contributed by atoms with Crippen LogP contribution in [0.5, 0.6) is 0 Å². The van der Waals surface area contributed by atoms with Crippen molar-refractivity contribution < 1.29 is 0 Å². The second-order valence-electron chi connectivity index (χ2n) is 3.51. The molecule has 1 nitrogen and oxygen atoms in total. The molecule has 0 saturated heterocycles. The van der Waals surface area contributed by atoms with E-state index >= 15 is 0 Å². The summed E-state index contributed by atoms with van der Waals surface area (Å²) < 4.78 is 0. The molecule has 0 heterocycles. The summed E-state index contributed by atoms with van der Waals surface area (Å²) in [5.41, 5.74) is 6.53. The molecular formula is C13H11Cl2NS. The molecule has 0 aromatic heterocycles. The third-order valence-electron chi connectivity index (χ3n) is 2.29. The minimum Gasteiger partial charge on any atom is -0.326 e. The molecule has 2 aromatic carbocycles. The lowest BCUT2D eigenvalue weighted by Gasteiger charge is -2.05. The Balaban J connectivity index is 2.19. The van der Waals surface area contributed by atoms with Crippen molar-refractivity contribution in [1.29, 1.82) is 0 Å². The molecule has 2 N–H and O–H groups in total. The van der Waals surface area contributed by atoms with Crippen LogP contribution in [0.1, 0.15) is 5.56 Å². The van der Waals surface area contributed by atoms with Crippen molar-refractivity contribution in [3.8, 4) is 0 Å². The summed E-state index contributed by atoms with van der Waals surface area (Å²) in [6.45, 7) is 0.463. The lowest BCUT2D eigenvalue weighted by atomic mass is 10.2. The summed E-state index contributed by atoms with van der Waals surface area (Å²) in [5.74, 6) is 0. The van der Waals surface area contributed by atoms with E-state index in [0.29, 0.717) is 11.6 Å². The van der Waals surface area contributed by atoms with Gasteiger partial charge in [0, 0.05) is 26.4 Å². The summed E-state index contributed by atoms with van der Waals surface area (Å²) in [5, 5.41) is 1.46. The fraction of sp³-hybridized carbons (Fsp3) is 0.0769. The number of hydrogen-bond donors (Lipinski definition) is 1. The van der Waals surface area contributed by atoms with Crippen LogP contribution in [0.3, 0.4) is 0 Å². The van der Waals surface area contributed by atoms with Crippen LogP contribution < -0.4 is 5.73 Å². The zero-order valence-electron chi connectivity index (χ0n) is 8.99. The van der Waals surface area contributed by atoms with E-state index in [1.165, 1.54) is 0 Å². The first kappa shape index (κ1) is 12.8. The number of benzene rings is 2. The zero-order valence-corrected chi connectivity index (χ0v) is 11.3. The first-order chi connectivity index (χ1) is 8.19. The minimum atomic E-state index is 0.463. The monoisotopic (exact) mass is 283 g/mol. The molecule has 0 atom stereocenters. The van der Waals surface area contributed by atoms with Gasteiger partial charge in [0.05, 0.1) is 0 Å². The van der Waals surface area contributed by atoms with Crippen molar-refractivity contribution in [2.75, 3.05) is 0 Å². The lowest BCUT2D eigenvalue weighted by molar-refractivity contribution is 1.07. The van der Waals surface area contributed by atoms with Gasteiger partial charge in [-0.2, -0.15) is 0 Å². The summed E-state index contributed by atoms with van der Waals surface area (Å²) >= 11 is 13.6. The second kappa shape index (κ2) is 5.78. The van der Waals surface area contributed by atoms with Gasteiger partial charge in [-0.3, -0.25) is 0 Å². The Kier molecular flexibility index (Phi) is 4.35. The maximum Gasteiger partial charge on any atom is 0.0462 e. The molecule has 0 saturated carbocycles. The highest BCUT2D eigenvalue weighted by Gasteiger charge is 2.02. The van der Waals surface area contributed by atoms with E-state index in [2.05, 4.69) is 0 Å². The predicted molar refractivity (Wildman–Crippen MR) is 74.9 cm³/mol. The van der Waals surface area contributed by atoms with Crippen LogP contribution in [0.2, 0.25) is 10.0 Å². The molecule has 0 aliphatic rings. The molecule has 0 radical (unpaired) electrons. The normalized spacial score (nSPS) is 10.5. The van der Waals surface area contributed by atoms with Crippen molar-refractivity contribution in [1.82, 2.24) is 0 Å². The molecule has 0 amide bonds. The molecule has 0 aliphatic heterocycles. The molecule has 2 rings (SSSR count). The molecule has 0 aliphatic carbocycles. The van der Waals surface area contributed by atoms with Crippen LogP contribution in [0.25, 0.3) is 0 Å². The number of hydrogen-bond acceptors (Lipinski definition) is 2. The molecule has 0 spiro atoms. The van der Waals surface area contributed by atoms with Gasteiger partial charge < -0.3 is 5.73 Å². The standard InChI is InChI=1S/C13H11Cl2NS/c14-10-2-5-11(6-3-10)17-12-4-1-9(8-16)13(15)7-12/h1-7H,8,16H2. The Morgan fingerprint density at radius 1 is 0.941 bits per heavy atom. The predicted octanol–water partition coefficient (Wildman–Crippen LogP) is 4.60. The minimum absolute atomic E-state index is 0.463. The van der Waals surface area contributed by atoms with Crippen molar-refractivity contribution >= 4 is 35.0 Å². The molecule has 2 aromatic rings. The summed E-state index contributed by atoms with van der Waals surface area (Å²) in [6, 6.07) is 13.6. The Bertz CT molecular complexity index is 511. The maximum absolute atomic E-state index is 6.11. The SMILES string of the molecule is NCc1ccc(Sc2ccc(Cl)cc2)cc1Cl. The van der Waals surface area contributed by atoms with E-state index in [4.69, 9.17) is 28.9 Å². The van der Waals surface area contributed by atoms with E-state index in [1.807, 2.05) is 42.5 Å². The molecule has 17 heavy (non-hydrogen) atoms. The topological polar surface area (TPSA) is 26.0 Å². The molecular weight excluding hydrogens is 273 g/mol. The van der Waals surface area contributed by atoms with E-state index in [-0.39, 0.29) is 0 Å². The van der Waals surface area contributed by atoms with Crippen molar-refractivity contribution in [3.63, 3.8) is 0 Å². The number of halogens is 2. The van der Waals surface area contributed by atoms with Gasteiger partial charge in [-0.05, 0) is 42.0 Å². The van der Waals surface area contributed by atoms with Crippen LogP contribution in [0.15, 0.2) is 52.3 Å². The summed E-state index contributed by atoms with van der Waals surface area (Å²) in [6.07, 6.45) is 0. The van der Waals surface area contributed by atoms with Gasteiger partial charge in [-0.25, -0.2) is 0 Å². The fourth-order valence-electron chi connectivity index (χ4n) is 1.40. The lowest BCUT2D eigenvalue weighted by Crippen LogP contribution is -1.96. The van der Waals surface area contributed by atoms with Gasteiger partial charge in [0.2, 0.25) is 0 Å². The highest BCUT2D eigenvalue weighted by Crippen LogP contribution is 2.31. The first-order valence-electron chi connectivity index (χ1n) is 5.11. The number of nitrogens with two attached hydrogens (primary N) is 1. The fourth-order valence-corrected chi connectivity index (χ4v) is 2.70. The third kappa shape index (κ3) is 3.39. The Morgan fingerprint density at radius 2 is 1.59 bits per heavy atom. The summed E-state index contributed by atoms with van der Waals surface area (Å²) in [7, 11) is 0. The first-order valence-corrected chi connectivity index (χ1v) is 6.68. The zero-order chi connectivity index (χ0) is 12.3. The highest BCUT2D eigenvalue weighted by atomic mass is 35.5. The van der Waals surface area contributed by atoms with Gasteiger partial charge >= 0.3 is 0 Å². The average Bonchev–Trinajstić information content (AvgIpc) is 2.32. The van der Waals surface area contributed by atoms with Crippen LogP contribution in [-0.2, 0) is 6.54 Å². The molecule has 88 valence electrons. The Morgan fingerprint density at radius 3 is 2.18 bits per heavy atom. The number of rotatable bonds is 3.